The third kappa shape index (κ3) is 3.14. The lowest BCUT2D eigenvalue weighted by atomic mass is 10.2. The minimum atomic E-state index is -0.585. The van der Waals surface area contributed by atoms with Crippen LogP contribution in [0.5, 0.6) is 0 Å². The number of anilines is 2. The first-order chi connectivity index (χ1) is 9.72. The number of nitrogens with zero attached hydrogens (tertiary/aromatic N) is 4. The quantitative estimate of drug-likeness (QED) is 0.399. The average Bonchev–Trinajstić information content (AvgIpc) is 2.47. The second-order valence-electron chi connectivity index (χ2n) is 3.82. The first-order valence-electron chi connectivity index (χ1n) is 5.82. The molecule has 2 aromatic rings. The first-order valence-corrected chi connectivity index (χ1v) is 5.82. The lowest BCUT2D eigenvalue weighted by Crippen LogP contribution is -2.14. The van der Waals surface area contributed by atoms with Crippen LogP contribution in [0.4, 0.5) is 17.3 Å². The van der Waals surface area contributed by atoms with Gasteiger partial charge in [-0.1, -0.05) is 6.07 Å². The molecule has 0 amide bonds. The van der Waals surface area contributed by atoms with Gasteiger partial charge in [-0.05, 0) is 12.1 Å². The van der Waals surface area contributed by atoms with Gasteiger partial charge in [0, 0.05) is 24.9 Å². The second-order valence-corrected chi connectivity index (χ2v) is 3.82. The van der Waals surface area contributed by atoms with Gasteiger partial charge in [0.1, 0.15) is 6.33 Å². The molecule has 0 aromatic carbocycles. The van der Waals surface area contributed by atoms with Crippen LogP contribution in [0.15, 0.2) is 30.7 Å². The molecule has 0 saturated carbocycles. The number of hydrogen-bond acceptors (Lipinski definition) is 8. The molecule has 20 heavy (non-hydrogen) atoms. The summed E-state index contributed by atoms with van der Waals surface area (Å²) in [4.78, 5) is 22.2. The normalized spacial score (nSPS) is 10.1. The van der Waals surface area contributed by atoms with Crippen LogP contribution in [0, 0.1) is 10.1 Å². The van der Waals surface area contributed by atoms with Gasteiger partial charge in [0.2, 0.25) is 11.6 Å². The molecule has 0 bridgehead atoms. The van der Waals surface area contributed by atoms with Crippen molar-refractivity contribution in [2.45, 2.75) is 6.42 Å². The minimum Gasteiger partial charge on any atom is -0.364 e. The van der Waals surface area contributed by atoms with E-state index in [1.165, 1.54) is 6.33 Å². The van der Waals surface area contributed by atoms with Crippen molar-refractivity contribution in [1.82, 2.24) is 15.0 Å². The van der Waals surface area contributed by atoms with E-state index in [1.807, 2.05) is 18.2 Å². The van der Waals surface area contributed by atoms with Gasteiger partial charge in [0.15, 0.2) is 0 Å². The number of nitro groups is 1. The average molecular weight is 275 g/mol. The Morgan fingerprint density at radius 2 is 2.05 bits per heavy atom. The van der Waals surface area contributed by atoms with Crippen molar-refractivity contribution in [1.29, 1.82) is 0 Å². The lowest BCUT2D eigenvalue weighted by Gasteiger charge is -2.07. The maximum Gasteiger partial charge on any atom is 0.354 e. The maximum atomic E-state index is 11.0. The van der Waals surface area contributed by atoms with E-state index in [-0.39, 0.29) is 17.3 Å². The highest BCUT2D eigenvalue weighted by atomic mass is 16.6. The Kier molecular flexibility index (Phi) is 4.35. The Hall–Kier alpha value is -2.81. The molecule has 0 aliphatic carbocycles. The highest BCUT2D eigenvalue weighted by molar-refractivity contribution is 5.68. The molecule has 2 rings (SSSR count). The molecule has 2 heterocycles. The van der Waals surface area contributed by atoms with Crippen molar-refractivity contribution in [2.24, 2.45) is 5.84 Å². The zero-order valence-corrected chi connectivity index (χ0v) is 10.5. The topological polar surface area (TPSA) is 132 Å². The molecule has 0 spiro atoms. The van der Waals surface area contributed by atoms with E-state index in [0.717, 1.165) is 5.69 Å². The smallest absolute Gasteiger partial charge is 0.354 e. The van der Waals surface area contributed by atoms with Crippen LogP contribution in [-0.2, 0) is 6.42 Å². The van der Waals surface area contributed by atoms with Gasteiger partial charge in [-0.25, -0.2) is 15.8 Å². The number of rotatable bonds is 6. The minimum absolute atomic E-state index is 0.0367. The van der Waals surface area contributed by atoms with E-state index in [4.69, 9.17) is 5.84 Å². The van der Waals surface area contributed by atoms with Crippen LogP contribution < -0.4 is 16.6 Å². The number of hydrazine groups is 1. The van der Waals surface area contributed by atoms with Crippen molar-refractivity contribution in [2.75, 3.05) is 17.3 Å². The monoisotopic (exact) mass is 275 g/mol. The molecule has 2 aromatic heterocycles. The number of pyridine rings is 1. The Balaban J connectivity index is 2.08. The summed E-state index contributed by atoms with van der Waals surface area (Å²) in [6.45, 7) is 0.457. The van der Waals surface area contributed by atoms with Gasteiger partial charge in [0.25, 0.3) is 0 Å². The molecular weight excluding hydrogens is 262 g/mol. The number of nitrogen functional groups attached to an aromatic ring is 1. The van der Waals surface area contributed by atoms with Crippen LogP contribution in [0.1, 0.15) is 5.69 Å². The zero-order chi connectivity index (χ0) is 14.4. The number of nitrogens with one attached hydrogen (secondary N) is 2. The third-order valence-electron chi connectivity index (χ3n) is 2.54. The van der Waals surface area contributed by atoms with Crippen molar-refractivity contribution in [3.05, 3.63) is 46.5 Å². The van der Waals surface area contributed by atoms with E-state index >= 15 is 0 Å². The van der Waals surface area contributed by atoms with Gasteiger partial charge in [-0.3, -0.25) is 15.1 Å². The SMILES string of the molecule is NNc1ncnc(NCCc2ccccn2)c1[N+](=O)[O-]. The maximum absolute atomic E-state index is 11.0. The van der Waals surface area contributed by atoms with Gasteiger partial charge >= 0.3 is 5.69 Å². The summed E-state index contributed by atoms with van der Waals surface area (Å²) >= 11 is 0. The van der Waals surface area contributed by atoms with Crippen molar-refractivity contribution < 1.29 is 4.92 Å². The summed E-state index contributed by atoms with van der Waals surface area (Å²) in [5.41, 5.74) is 2.78. The highest BCUT2D eigenvalue weighted by Gasteiger charge is 2.21. The molecule has 0 radical (unpaired) electrons. The summed E-state index contributed by atoms with van der Waals surface area (Å²) in [5.74, 6) is 5.28. The number of aromatic nitrogens is 3. The van der Waals surface area contributed by atoms with Gasteiger partial charge in [0.05, 0.1) is 4.92 Å². The van der Waals surface area contributed by atoms with Crippen LogP contribution in [0.3, 0.4) is 0 Å². The predicted molar refractivity (Wildman–Crippen MR) is 72.9 cm³/mol. The van der Waals surface area contributed by atoms with Crippen LogP contribution in [0.2, 0.25) is 0 Å². The van der Waals surface area contributed by atoms with E-state index in [9.17, 15) is 10.1 Å². The zero-order valence-electron chi connectivity index (χ0n) is 10.5. The predicted octanol–water partition coefficient (Wildman–Crippen LogP) is 0.720. The fourth-order valence-electron chi connectivity index (χ4n) is 1.64. The summed E-state index contributed by atoms with van der Waals surface area (Å²) < 4.78 is 0. The third-order valence-corrected chi connectivity index (χ3v) is 2.54. The highest BCUT2D eigenvalue weighted by Crippen LogP contribution is 2.27. The molecule has 9 nitrogen and oxygen atoms in total. The lowest BCUT2D eigenvalue weighted by molar-refractivity contribution is -0.383. The van der Waals surface area contributed by atoms with Crippen molar-refractivity contribution >= 4 is 17.3 Å². The Morgan fingerprint density at radius 1 is 1.25 bits per heavy atom. The second kappa shape index (κ2) is 6.38. The van der Waals surface area contributed by atoms with E-state index in [0.29, 0.717) is 13.0 Å². The van der Waals surface area contributed by atoms with E-state index < -0.39 is 4.92 Å². The molecule has 0 saturated heterocycles. The van der Waals surface area contributed by atoms with Crippen LogP contribution >= 0.6 is 0 Å². The van der Waals surface area contributed by atoms with Crippen molar-refractivity contribution in [3.63, 3.8) is 0 Å². The fraction of sp³-hybridized carbons (Fsp3) is 0.182. The number of hydrogen-bond donors (Lipinski definition) is 3. The van der Waals surface area contributed by atoms with Gasteiger partial charge in [-0.2, -0.15) is 0 Å². The summed E-state index contributed by atoms with van der Waals surface area (Å²) in [6.07, 6.45) is 3.51. The number of nitrogens with two attached hydrogens (primary N) is 1. The summed E-state index contributed by atoms with van der Waals surface area (Å²) in [6, 6.07) is 5.58. The van der Waals surface area contributed by atoms with Crippen molar-refractivity contribution in [3.8, 4) is 0 Å². The molecule has 0 aliphatic heterocycles. The fourth-order valence-corrected chi connectivity index (χ4v) is 1.64. The van der Waals surface area contributed by atoms with Crippen LogP contribution in [-0.4, -0.2) is 26.4 Å². The Bertz CT molecular complexity index is 591. The van der Waals surface area contributed by atoms with Crippen LogP contribution in [0.25, 0.3) is 0 Å². The molecule has 9 heteroatoms. The molecule has 0 atom stereocenters. The molecule has 0 fully saturated rings. The van der Waals surface area contributed by atoms with Gasteiger partial charge in [-0.15, -0.1) is 0 Å². The first kappa shape index (κ1) is 13.6. The molecule has 0 unspecified atom stereocenters. The van der Waals surface area contributed by atoms with Gasteiger partial charge < -0.3 is 10.7 Å². The standard InChI is InChI=1S/C11H13N7O2/c12-17-11-9(18(19)20)10(15-7-16-11)14-6-4-8-3-1-2-5-13-8/h1-3,5,7H,4,6,12H2,(H2,14,15,16,17). The molecule has 0 aliphatic rings. The summed E-state index contributed by atoms with van der Waals surface area (Å²) in [7, 11) is 0. The van der Waals surface area contributed by atoms with E-state index in [1.54, 1.807) is 6.20 Å². The summed E-state index contributed by atoms with van der Waals surface area (Å²) in [5, 5.41) is 13.9. The van der Waals surface area contributed by atoms with E-state index in [2.05, 4.69) is 25.7 Å². The molecular formula is C11H13N7O2. The Labute approximate surface area is 114 Å². The Morgan fingerprint density at radius 3 is 2.70 bits per heavy atom. The largest absolute Gasteiger partial charge is 0.364 e. The molecule has 4 N–H and O–H groups in total. The molecule has 104 valence electrons.